The van der Waals surface area contributed by atoms with Gasteiger partial charge in [-0.1, -0.05) is 44.5 Å². The van der Waals surface area contributed by atoms with Gasteiger partial charge in [-0.25, -0.2) is 4.79 Å². The Morgan fingerprint density at radius 2 is 1.79 bits per heavy atom. The third-order valence-corrected chi connectivity index (χ3v) is 5.13. The SMILES string of the molecule is Cc1cc(C(C)Cc2cc(C(=O)O)cc(C(C)C)c2C)ccc1Cl. The fourth-order valence-corrected chi connectivity index (χ4v) is 3.27. The van der Waals surface area contributed by atoms with Gasteiger partial charge in [-0.3, -0.25) is 0 Å². The second-order valence-corrected chi connectivity index (χ2v) is 7.33. The quantitative estimate of drug-likeness (QED) is 0.708. The van der Waals surface area contributed by atoms with E-state index < -0.39 is 5.97 Å². The summed E-state index contributed by atoms with van der Waals surface area (Å²) in [5, 5.41) is 10.2. The van der Waals surface area contributed by atoms with Crippen molar-refractivity contribution in [2.75, 3.05) is 0 Å². The van der Waals surface area contributed by atoms with E-state index >= 15 is 0 Å². The summed E-state index contributed by atoms with van der Waals surface area (Å²) < 4.78 is 0. The van der Waals surface area contributed by atoms with Gasteiger partial charge >= 0.3 is 5.97 Å². The average molecular weight is 345 g/mol. The molecule has 0 spiro atoms. The van der Waals surface area contributed by atoms with Gasteiger partial charge in [0.25, 0.3) is 0 Å². The lowest BCUT2D eigenvalue weighted by atomic mass is 9.86. The number of aromatic carboxylic acids is 1. The Kier molecular flexibility index (Phi) is 5.71. The molecule has 2 aromatic carbocycles. The molecule has 0 aliphatic rings. The molecule has 0 radical (unpaired) electrons. The van der Waals surface area contributed by atoms with Crippen LogP contribution in [0.3, 0.4) is 0 Å². The molecule has 0 bridgehead atoms. The Morgan fingerprint density at radius 3 is 2.33 bits per heavy atom. The molecule has 0 amide bonds. The maximum Gasteiger partial charge on any atom is 0.335 e. The first kappa shape index (κ1) is 18.5. The van der Waals surface area contributed by atoms with Crippen LogP contribution < -0.4 is 0 Å². The molecule has 0 aliphatic heterocycles. The summed E-state index contributed by atoms with van der Waals surface area (Å²) in [6.45, 7) is 10.5. The van der Waals surface area contributed by atoms with Crippen LogP contribution in [0.2, 0.25) is 5.02 Å². The van der Waals surface area contributed by atoms with E-state index in [1.165, 1.54) is 11.1 Å². The Hall–Kier alpha value is -1.80. The molecule has 0 saturated heterocycles. The first-order valence-electron chi connectivity index (χ1n) is 8.33. The molecular formula is C21H25ClO2. The van der Waals surface area contributed by atoms with Crippen LogP contribution in [0, 0.1) is 13.8 Å². The molecule has 0 aromatic heterocycles. The molecule has 2 nitrogen and oxygen atoms in total. The van der Waals surface area contributed by atoms with Crippen molar-refractivity contribution in [1.82, 2.24) is 0 Å². The number of benzene rings is 2. The van der Waals surface area contributed by atoms with Gasteiger partial charge in [-0.2, -0.15) is 0 Å². The maximum absolute atomic E-state index is 11.5. The van der Waals surface area contributed by atoms with Crippen molar-refractivity contribution in [2.24, 2.45) is 0 Å². The normalized spacial score (nSPS) is 12.5. The molecule has 2 aromatic rings. The van der Waals surface area contributed by atoms with Crippen LogP contribution in [-0.2, 0) is 6.42 Å². The van der Waals surface area contributed by atoms with E-state index in [0.717, 1.165) is 28.1 Å². The van der Waals surface area contributed by atoms with Crippen molar-refractivity contribution in [3.63, 3.8) is 0 Å². The Labute approximate surface area is 149 Å². The van der Waals surface area contributed by atoms with Gasteiger partial charge in [-0.15, -0.1) is 0 Å². The van der Waals surface area contributed by atoms with Crippen molar-refractivity contribution >= 4 is 17.6 Å². The Morgan fingerprint density at radius 1 is 1.12 bits per heavy atom. The molecule has 0 aliphatic carbocycles. The van der Waals surface area contributed by atoms with E-state index in [1.54, 1.807) is 0 Å². The van der Waals surface area contributed by atoms with Crippen molar-refractivity contribution in [1.29, 1.82) is 0 Å². The van der Waals surface area contributed by atoms with Gasteiger partial charge in [0.2, 0.25) is 0 Å². The van der Waals surface area contributed by atoms with Gasteiger partial charge in [0.1, 0.15) is 0 Å². The second-order valence-electron chi connectivity index (χ2n) is 6.92. The first-order chi connectivity index (χ1) is 11.2. The fraction of sp³-hybridized carbons (Fsp3) is 0.381. The van der Waals surface area contributed by atoms with Crippen LogP contribution in [0.1, 0.15) is 70.8 Å². The summed E-state index contributed by atoms with van der Waals surface area (Å²) in [5.41, 5.74) is 6.09. The number of carbonyl (C=O) groups is 1. The van der Waals surface area contributed by atoms with Gasteiger partial charge in [-0.05, 0) is 78.1 Å². The van der Waals surface area contributed by atoms with Crippen LogP contribution in [0.25, 0.3) is 0 Å². The summed E-state index contributed by atoms with van der Waals surface area (Å²) in [4.78, 5) is 11.5. The van der Waals surface area contributed by atoms with Gasteiger partial charge in [0.05, 0.1) is 5.56 Å². The molecule has 24 heavy (non-hydrogen) atoms. The lowest BCUT2D eigenvalue weighted by Gasteiger charge is -2.19. The minimum absolute atomic E-state index is 0.295. The predicted octanol–water partition coefficient (Wildman–Crippen LogP) is 6.12. The van der Waals surface area contributed by atoms with E-state index in [4.69, 9.17) is 11.6 Å². The second kappa shape index (κ2) is 7.40. The van der Waals surface area contributed by atoms with Crippen molar-refractivity contribution in [3.8, 4) is 0 Å². The lowest BCUT2D eigenvalue weighted by Crippen LogP contribution is -2.07. The summed E-state index contributed by atoms with van der Waals surface area (Å²) in [5.74, 6) is -0.270. The molecule has 0 fully saturated rings. The van der Waals surface area contributed by atoms with Crippen LogP contribution in [0.5, 0.6) is 0 Å². The van der Waals surface area contributed by atoms with Crippen molar-refractivity contribution in [2.45, 2.75) is 52.9 Å². The molecule has 1 unspecified atom stereocenters. The molecular weight excluding hydrogens is 320 g/mol. The van der Waals surface area contributed by atoms with Crippen LogP contribution in [0.4, 0.5) is 0 Å². The highest BCUT2D eigenvalue weighted by molar-refractivity contribution is 6.31. The largest absolute Gasteiger partial charge is 0.478 e. The highest BCUT2D eigenvalue weighted by atomic mass is 35.5. The van der Waals surface area contributed by atoms with Gasteiger partial charge < -0.3 is 5.11 Å². The van der Waals surface area contributed by atoms with Crippen molar-refractivity contribution in [3.05, 3.63) is 68.7 Å². The van der Waals surface area contributed by atoms with Crippen LogP contribution in [0.15, 0.2) is 30.3 Å². The molecule has 3 heteroatoms. The van der Waals surface area contributed by atoms with Gasteiger partial charge in [0.15, 0.2) is 0 Å². The van der Waals surface area contributed by atoms with Crippen LogP contribution in [-0.4, -0.2) is 11.1 Å². The Bertz CT molecular complexity index is 763. The molecule has 0 heterocycles. The minimum Gasteiger partial charge on any atom is -0.478 e. The van der Waals surface area contributed by atoms with Crippen molar-refractivity contribution < 1.29 is 9.90 Å². The number of aryl methyl sites for hydroxylation is 1. The molecule has 1 N–H and O–H groups in total. The first-order valence-corrected chi connectivity index (χ1v) is 8.71. The van der Waals surface area contributed by atoms with E-state index in [1.807, 2.05) is 25.1 Å². The zero-order valence-electron chi connectivity index (χ0n) is 15.0. The van der Waals surface area contributed by atoms with Crippen LogP contribution >= 0.6 is 11.6 Å². The third kappa shape index (κ3) is 3.99. The van der Waals surface area contributed by atoms with E-state index in [-0.39, 0.29) is 0 Å². The Balaban J connectivity index is 2.40. The number of carboxylic acid groups (broad SMARTS) is 1. The topological polar surface area (TPSA) is 37.3 Å². The zero-order valence-corrected chi connectivity index (χ0v) is 15.7. The summed E-state index contributed by atoms with van der Waals surface area (Å²) in [7, 11) is 0. The molecule has 128 valence electrons. The number of rotatable bonds is 5. The number of carboxylic acids is 1. The minimum atomic E-state index is -0.867. The number of hydrogen-bond acceptors (Lipinski definition) is 1. The smallest absolute Gasteiger partial charge is 0.335 e. The highest BCUT2D eigenvalue weighted by Gasteiger charge is 2.16. The zero-order chi connectivity index (χ0) is 18.0. The van der Waals surface area contributed by atoms with E-state index in [0.29, 0.717) is 17.4 Å². The van der Waals surface area contributed by atoms with E-state index in [9.17, 15) is 9.90 Å². The maximum atomic E-state index is 11.5. The molecule has 2 rings (SSSR count). The predicted molar refractivity (Wildman–Crippen MR) is 101 cm³/mol. The van der Waals surface area contributed by atoms with Gasteiger partial charge in [0, 0.05) is 5.02 Å². The summed E-state index contributed by atoms with van der Waals surface area (Å²) in [6.07, 6.45) is 0.813. The number of hydrogen-bond donors (Lipinski definition) is 1. The lowest BCUT2D eigenvalue weighted by molar-refractivity contribution is 0.0696. The fourth-order valence-electron chi connectivity index (χ4n) is 3.16. The summed E-state index contributed by atoms with van der Waals surface area (Å²) in [6, 6.07) is 9.74. The summed E-state index contributed by atoms with van der Waals surface area (Å²) >= 11 is 6.12. The monoisotopic (exact) mass is 344 g/mol. The van der Waals surface area contributed by atoms with E-state index in [2.05, 4.69) is 39.8 Å². The highest BCUT2D eigenvalue weighted by Crippen LogP contribution is 2.30. The number of halogens is 1. The molecule has 1 atom stereocenters. The standard InChI is InChI=1S/C21H25ClO2/c1-12(2)19-11-18(21(23)24)10-17(15(19)5)8-13(3)16-6-7-20(22)14(4)9-16/h6-7,9-13H,8H2,1-5H3,(H,23,24). The molecule has 0 saturated carbocycles. The average Bonchev–Trinajstić information content (AvgIpc) is 2.51. The third-order valence-electron chi connectivity index (χ3n) is 4.70.